The number of hydrogen-bond donors (Lipinski definition) is 0. The lowest BCUT2D eigenvalue weighted by molar-refractivity contribution is -0.189. The molecule has 0 N–H and O–H groups in total. The summed E-state index contributed by atoms with van der Waals surface area (Å²) in [6, 6.07) is 9.33. The number of hydrogen-bond acceptors (Lipinski definition) is 6. The standard InChI is InChI=1S/C22H21F3N2O5S/c1-14-7-8-17(31-2)19(11-14)33(29,30)27-13-18(32-21(28)22(23,24)25)20-15(5-3-6-16(20)27)12-26-9-4-10-26/h3,5-8,11,13H,4,9-10,12H2,1-2H3. The molecule has 11 heteroatoms. The Morgan fingerprint density at radius 3 is 2.45 bits per heavy atom. The van der Waals surface area contributed by atoms with Crippen LogP contribution in [0.25, 0.3) is 10.9 Å². The summed E-state index contributed by atoms with van der Waals surface area (Å²) < 4.78 is 76.7. The number of aromatic nitrogens is 1. The fraction of sp³-hybridized carbons (Fsp3) is 0.318. The number of carbonyl (C=O) groups excluding carboxylic acids is 1. The van der Waals surface area contributed by atoms with Crippen molar-refractivity contribution in [1.29, 1.82) is 0 Å². The Bertz CT molecular complexity index is 1330. The molecule has 0 atom stereocenters. The van der Waals surface area contributed by atoms with E-state index >= 15 is 0 Å². The van der Waals surface area contributed by atoms with Gasteiger partial charge in [0.15, 0.2) is 5.75 Å². The van der Waals surface area contributed by atoms with Gasteiger partial charge in [-0.15, -0.1) is 0 Å². The van der Waals surface area contributed by atoms with Crippen molar-refractivity contribution in [1.82, 2.24) is 8.87 Å². The predicted molar refractivity (Wildman–Crippen MR) is 114 cm³/mol. The number of benzene rings is 2. The summed E-state index contributed by atoms with van der Waals surface area (Å²) in [7, 11) is -2.99. The maximum atomic E-state index is 13.6. The second-order valence-corrected chi connectivity index (χ2v) is 9.56. The second-order valence-electron chi connectivity index (χ2n) is 7.78. The smallest absolute Gasteiger partial charge is 0.491 e. The van der Waals surface area contributed by atoms with E-state index in [0.29, 0.717) is 17.7 Å². The number of likely N-dealkylation sites (tertiary alicyclic amines) is 1. The molecule has 1 saturated heterocycles. The van der Waals surface area contributed by atoms with Gasteiger partial charge in [-0.3, -0.25) is 4.90 Å². The number of methoxy groups -OCH3 is 1. The Labute approximate surface area is 188 Å². The van der Waals surface area contributed by atoms with Crippen molar-refractivity contribution in [3.05, 3.63) is 53.7 Å². The van der Waals surface area contributed by atoms with Gasteiger partial charge in [-0.1, -0.05) is 18.2 Å². The normalized spacial score (nSPS) is 14.8. The molecule has 176 valence electrons. The van der Waals surface area contributed by atoms with Gasteiger partial charge in [-0.2, -0.15) is 13.2 Å². The minimum atomic E-state index is -5.24. The summed E-state index contributed by atoms with van der Waals surface area (Å²) in [5.41, 5.74) is 1.30. The summed E-state index contributed by atoms with van der Waals surface area (Å²) in [5, 5.41) is 0.136. The highest BCUT2D eigenvalue weighted by Crippen LogP contribution is 2.37. The van der Waals surface area contributed by atoms with Crippen LogP contribution < -0.4 is 9.47 Å². The van der Waals surface area contributed by atoms with Crippen molar-refractivity contribution in [3.63, 3.8) is 0 Å². The molecule has 1 aromatic heterocycles. The van der Waals surface area contributed by atoms with Crippen LogP contribution in [0.4, 0.5) is 13.2 Å². The van der Waals surface area contributed by atoms with Gasteiger partial charge in [0.25, 0.3) is 10.0 Å². The van der Waals surface area contributed by atoms with Gasteiger partial charge in [0.05, 0.1) is 18.8 Å². The van der Waals surface area contributed by atoms with Crippen LogP contribution in [-0.4, -0.2) is 49.6 Å². The Morgan fingerprint density at radius 2 is 1.85 bits per heavy atom. The van der Waals surface area contributed by atoms with Gasteiger partial charge >= 0.3 is 12.1 Å². The van der Waals surface area contributed by atoms with Gasteiger partial charge in [0.1, 0.15) is 10.6 Å². The van der Waals surface area contributed by atoms with Crippen LogP contribution in [0.15, 0.2) is 47.5 Å². The van der Waals surface area contributed by atoms with Gasteiger partial charge in [0.2, 0.25) is 0 Å². The predicted octanol–water partition coefficient (Wildman–Crippen LogP) is 3.87. The maximum absolute atomic E-state index is 13.6. The van der Waals surface area contributed by atoms with Gasteiger partial charge < -0.3 is 9.47 Å². The van der Waals surface area contributed by atoms with E-state index in [4.69, 9.17) is 4.74 Å². The van der Waals surface area contributed by atoms with E-state index in [-0.39, 0.29) is 21.5 Å². The first-order chi connectivity index (χ1) is 15.5. The number of alkyl halides is 3. The van der Waals surface area contributed by atoms with Crippen LogP contribution in [0.1, 0.15) is 17.5 Å². The molecule has 1 aliphatic heterocycles. The molecule has 3 aromatic rings. The number of ether oxygens (including phenoxy) is 2. The van der Waals surface area contributed by atoms with Crippen LogP contribution >= 0.6 is 0 Å². The lowest BCUT2D eigenvalue weighted by Gasteiger charge is -2.30. The Balaban J connectivity index is 1.93. The van der Waals surface area contributed by atoms with Gasteiger partial charge in [-0.05, 0) is 55.8 Å². The first kappa shape index (κ1) is 23.1. The van der Waals surface area contributed by atoms with Crippen LogP contribution in [0.3, 0.4) is 0 Å². The molecular formula is C22H21F3N2O5S. The Hall–Kier alpha value is -3.05. The first-order valence-corrected chi connectivity index (χ1v) is 11.5. The van der Waals surface area contributed by atoms with Crippen LogP contribution in [0, 0.1) is 6.92 Å². The van der Waals surface area contributed by atoms with Crippen molar-refractivity contribution in [2.75, 3.05) is 20.2 Å². The first-order valence-electron chi connectivity index (χ1n) is 10.1. The monoisotopic (exact) mass is 482 g/mol. The minimum Gasteiger partial charge on any atom is -0.495 e. The summed E-state index contributed by atoms with van der Waals surface area (Å²) in [6.45, 7) is 3.71. The van der Waals surface area contributed by atoms with E-state index in [1.165, 1.54) is 25.3 Å². The summed E-state index contributed by atoms with van der Waals surface area (Å²) in [5.74, 6) is -2.82. The zero-order valence-corrected chi connectivity index (χ0v) is 18.7. The molecule has 4 rings (SSSR count). The third-order valence-electron chi connectivity index (χ3n) is 5.48. The number of carbonyl (C=O) groups is 1. The fourth-order valence-corrected chi connectivity index (χ4v) is 5.33. The highest BCUT2D eigenvalue weighted by molar-refractivity contribution is 7.90. The number of nitrogens with zero attached hydrogens (tertiary/aromatic N) is 2. The van der Waals surface area contributed by atoms with Crippen LogP contribution in [0.5, 0.6) is 11.5 Å². The Morgan fingerprint density at radius 1 is 1.12 bits per heavy atom. The molecule has 0 radical (unpaired) electrons. The van der Waals surface area contributed by atoms with Gasteiger partial charge in [-0.25, -0.2) is 17.2 Å². The van der Waals surface area contributed by atoms with E-state index in [1.54, 1.807) is 25.1 Å². The van der Waals surface area contributed by atoms with E-state index in [1.807, 2.05) is 0 Å². The average Bonchev–Trinajstić information content (AvgIpc) is 3.10. The fourth-order valence-electron chi connectivity index (χ4n) is 3.73. The summed E-state index contributed by atoms with van der Waals surface area (Å²) in [6.07, 6.45) is -3.33. The minimum absolute atomic E-state index is 0.0769. The van der Waals surface area contributed by atoms with Crippen LogP contribution in [-0.2, 0) is 21.4 Å². The molecule has 0 saturated carbocycles. The van der Waals surface area contributed by atoms with Crippen molar-refractivity contribution >= 4 is 26.9 Å². The number of esters is 1. The third kappa shape index (κ3) is 4.30. The number of fused-ring (bicyclic) bond motifs is 1. The highest BCUT2D eigenvalue weighted by atomic mass is 32.2. The van der Waals surface area contributed by atoms with E-state index in [0.717, 1.165) is 29.7 Å². The molecular weight excluding hydrogens is 461 g/mol. The molecule has 0 unspecified atom stereocenters. The lowest BCUT2D eigenvalue weighted by Crippen LogP contribution is -2.36. The molecule has 2 aromatic carbocycles. The molecule has 0 spiro atoms. The topological polar surface area (TPSA) is 77.8 Å². The van der Waals surface area contributed by atoms with Crippen molar-refractivity contribution in [2.24, 2.45) is 0 Å². The molecule has 2 heterocycles. The maximum Gasteiger partial charge on any atom is 0.491 e. The largest absolute Gasteiger partial charge is 0.495 e. The zero-order chi connectivity index (χ0) is 24.0. The van der Waals surface area contributed by atoms with Crippen LogP contribution in [0.2, 0.25) is 0 Å². The number of halogens is 3. The number of rotatable bonds is 6. The SMILES string of the molecule is COc1ccc(C)cc1S(=O)(=O)n1cc(OC(=O)C(F)(F)F)c2c(CN3CCC3)cccc21. The molecule has 1 fully saturated rings. The average molecular weight is 482 g/mol. The second kappa shape index (κ2) is 8.38. The highest BCUT2D eigenvalue weighted by Gasteiger charge is 2.42. The number of aryl methyl sites for hydroxylation is 1. The van der Waals surface area contributed by atoms with E-state index in [2.05, 4.69) is 9.64 Å². The molecule has 0 bridgehead atoms. The summed E-state index contributed by atoms with van der Waals surface area (Å²) in [4.78, 5) is 13.5. The third-order valence-corrected chi connectivity index (χ3v) is 7.17. The molecule has 33 heavy (non-hydrogen) atoms. The quantitative estimate of drug-likeness (QED) is 0.497. The van der Waals surface area contributed by atoms with E-state index < -0.39 is 27.9 Å². The summed E-state index contributed by atoms with van der Waals surface area (Å²) >= 11 is 0. The van der Waals surface area contributed by atoms with Gasteiger partial charge in [0, 0.05) is 11.9 Å². The Kier molecular flexibility index (Phi) is 5.87. The lowest BCUT2D eigenvalue weighted by atomic mass is 10.1. The molecule has 1 aliphatic rings. The molecule has 7 nitrogen and oxygen atoms in total. The van der Waals surface area contributed by atoms with E-state index in [9.17, 15) is 26.4 Å². The molecule has 0 aliphatic carbocycles. The van der Waals surface area contributed by atoms with Crippen molar-refractivity contribution < 1.29 is 35.9 Å². The van der Waals surface area contributed by atoms with Crippen molar-refractivity contribution in [2.45, 2.75) is 31.0 Å². The zero-order valence-electron chi connectivity index (χ0n) is 17.8. The van der Waals surface area contributed by atoms with Crippen molar-refractivity contribution in [3.8, 4) is 11.5 Å². The molecule has 0 amide bonds.